The molecule has 0 bridgehead atoms. The van der Waals surface area contributed by atoms with Gasteiger partial charge in [0.05, 0.1) is 17.8 Å². The molecule has 0 aromatic carbocycles. The van der Waals surface area contributed by atoms with Gasteiger partial charge in [-0.25, -0.2) is 4.98 Å². The van der Waals surface area contributed by atoms with Crippen LogP contribution in [0.25, 0.3) is 0 Å². The molecule has 2 rings (SSSR count). The van der Waals surface area contributed by atoms with Gasteiger partial charge in [0.25, 0.3) is 0 Å². The first-order valence-corrected chi connectivity index (χ1v) is 4.37. The Morgan fingerprint density at radius 2 is 2.43 bits per heavy atom. The van der Waals surface area contributed by atoms with Crippen LogP contribution in [0, 0.1) is 5.92 Å². The fourth-order valence-electron chi connectivity index (χ4n) is 1.33. The molecule has 2 atom stereocenters. The number of rotatable bonds is 3. The third kappa shape index (κ3) is 1.76. The highest BCUT2D eigenvalue weighted by atomic mass is 16.4. The molecule has 14 heavy (non-hydrogen) atoms. The second-order valence-corrected chi connectivity index (χ2v) is 3.40. The summed E-state index contributed by atoms with van der Waals surface area (Å²) < 4.78 is 0. The molecule has 0 radical (unpaired) electrons. The molecule has 1 aromatic rings. The number of aliphatic carboxylic acids is 1. The SMILES string of the molecule is Nc1ccc(NC2CC2C(=O)O)cn1. The van der Waals surface area contributed by atoms with Crippen molar-refractivity contribution in [2.45, 2.75) is 12.5 Å². The predicted molar refractivity (Wildman–Crippen MR) is 51.8 cm³/mol. The number of nitrogen functional groups attached to an aromatic ring is 1. The van der Waals surface area contributed by atoms with Crippen molar-refractivity contribution in [3.63, 3.8) is 0 Å². The van der Waals surface area contributed by atoms with Crippen molar-refractivity contribution in [1.29, 1.82) is 0 Å². The highest BCUT2D eigenvalue weighted by molar-refractivity contribution is 5.75. The Morgan fingerprint density at radius 3 is 2.93 bits per heavy atom. The molecule has 0 aliphatic heterocycles. The summed E-state index contributed by atoms with van der Waals surface area (Å²) in [6, 6.07) is 3.51. The maximum atomic E-state index is 10.5. The molecule has 1 fully saturated rings. The molecule has 74 valence electrons. The number of anilines is 2. The van der Waals surface area contributed by atoms with Crippen molar-refractivity contribution in [3.05, 3.63) is 18.3 Å². The van der Waals surface area contributed by atoms with Gasteiger partial charge in [-0.05, 0) is 18.6 Å². The maximum absolute atomic E-state index is 10.5. The molecule has 2 unspecified atom stereocenters. The topological polar surface area (TPSA) is 88.2 Å². The predicted octanol–water partition coefficient (Wildman–Crippen LogP) is 0.549. The summed E-state index contributed by atoms with van der Waals surface area (Å²) in [5.74, 6) is -0.542. The van der Waals surface area contributed by atoms with E-state index in [2.05, 4.69) is 10.3 Å². The molecule has 5 nitrogen and oxygen atoms in total. The number of nitrogens with zero attached hydrogens (tertiary/aromatic N) is 1. The summed E-state index contributed by atoms with van der Waals surface area (Å²) in [7, 11) is 0. The van der Waals surface area contributed by atoms with Crippen LogP contribution >= 0.6 is 0 Å². The lowest BCUT2D eigenvalue weighted by atomic mass is 10.3. The smallest absolute Gasteiger partial charge is 0.308 e. The number of nitrogens with two attached hydrogens (primary N) is 1. The van der Waals surface area contributed by atoms with Gasteiger partial charge in [0.15, 0.2) is 0 Å². The Balaban J connectivity index is 1.94. The summed E-state index contributed by atoms with van der Waals surface area (Å²) in [5, 5.41) is 11.7. The highest BCUT2D eigenvalue weighted by Crippen LogP contribution is 2.33. The first-order valence-electron chi connectivity index (χ1n) is 4.37. The van der Waals surface area contributed by atoms with Crippen LogP contribution in [0.5, 0.6) is 0 Å². The number of aromatic nitrogens is 1. The van der Waals surface area contributed by atoms with Crippen molar-refractivity contribution in [2.75, 3.05) is 11.1 Å². The molecule has 1 aromatic heterocycles. The number of carboxylic acids is 1. The molecule has 0 saturated heterocycles. The van der Waals surface area contributed by atoms with E-state index in [1.807, 2.05) is 0 Å². The summed E-state index contributed by atoms with van der Waals surface area (Å²) >= 11 is 0. The minimum atomic E-state index is -0.745. The molecular weight excluding hydrogens is 182 g/mol. The largest absolute Gasteiger partial charge is 0.481 e. The lowest BCUT2D eigenvalue weighted by Gasteiger charge is -2.03. The van der Waals surface area contributed by atoms with Gasteiger partial charge in [0.1, 0.15) is 5.82 Å². The van der Waals surface area contributed by atoms with Gasteiger partial charge in [-0.1, -0.05) is 0 Å². The highest BCUT2D eigenvalue weighted by Gasteiger charge is 2.43. The molecular formula is C9H11N3O2. The van der Waals surface area contributed by atoms with Gasteiger partial charge < -0.3 is 16.2 Å². The molecule has 1 saturated carbocycles. The van der Waals surface area contributed by atoms with Crippen molar-refractivity contribution in [3.8, 4) is 0 Å². The van der Waals surface area contributed by atoms with E-state index in [9.17, 15) is 4.79 Å². The van der Waals surface area contributed by atoms with Crippen molar-refractivity contribution >= 4 is 17.5 Å². The first-order chi connectivity index (χ1) is 6.66. The van der Waals surface area contributed by atoms with E-state index >= 15 is 0 Å². The van der Waals surface area contributed by atoms with Crippen molar-refractivity contribution in [2.24, 2.45) is 5.92 Å². The zero-order valence-electron chi connectivity index (χ0n) is 7.47. The van der Waals surface area contributed by atoms with Gasteiger partial charge in [-0.3, -0.25) is 4.79 Å². The van der Waals surface area contributed by atoms with E-state index in [0.717, 1.165) is 5.69 Å². The fourth-order valence-corrected chi connectivity index (χ4v) is 1.33. The molecule has 5 heteroatoms. The summed E-state index contributed by atoms with van der Waals surface area (Å²) in [6.07, 6.45) is 2.28. The lowest BCUT2D eigenvalue weighted by Crippen LogP contribution is -2.10. The quantitative estimate of drug-likeness (QED) is 0.652. The second-order valence-electron chi connectivity index (χ2n) is 3.40. The van der Waals surface area contributed by atoms with Crippen LogP contribution in [0.1, 0.15) is 6.42 Å². The average Bonchev–Trinajstić information content (AvgIpc) is 2.88. The van der Waals surface area contributed by atoms with Crippen LogP contribution in [0.3, 0.4) is 0 Å². The molecule has 4 N–H and O–H groups in total. The van der Waals surface area contributed by atoms with Gasteiger partial charge in [0.2, 0.25) is 0 Å². The number of carbonyl (C=O) groups is 1. The standard InChI is InChI=1S/C9H11N3O2/c10-8-2-1-5(4-11-8)12-7-3-6(7)9(13)14/h1-2,4,6-7,12H,3H2,(H2,10,11)(H,13,14). The van der Waals surface area contributed by atoms with E-state index in [1.165, 1.54) is 0 Å². The van der Waals surface area contributed by atoms with Gasteiger partial charge in [-0.15, -0.1) is 0 Å². The minimum absolute atomic E-state index is 0.0397. The molecule has 1 heterocycles. The van der Waals surface area contributed by atoms with Crippen LogP contribution in [-0.4, -0.2) is 22.1 Å². The zero-order valence-corrected chi connectivity index (χ0v) is 7.47. The lowest BCUT2D eigenvalue weighted by molar-refractivity contribution is -0.138. The molecule has 0 spiro atoms. The fraction of sp³-hybridized carbons (Fsp3) is 0.333. The van der Waals surface area contributed by atoms with E-state index in [-0.39, 0.29) is 12.0 Å². The zero-order chi connectivity index (χ0) is 10.1. The monoisotopic (exact) mass is 193 g/mol. The maximum Gasteiger partial charge on any atom is 0.308 e. The molecule has 0 amide bonds. The summed E-state index contributed by atoms with van der Waals surface area (Å²) in [5.41, 5.74) is 6.23. The Hall–Kier alpha value is -1.78. The number of hydrogen-bond acceptors (Lipinski definition) is 4. The summed E-state index contributed by atoms with van der Waals surface area (Å²) in [4.78, 5) is 14.4. The van der Waals surface area contributed by atoms with Gasteiger partial charge >= 0.3 is 5.97 Å². The molecule has 1 aliphatic rings. The number of carboxylic acid groups (broad SMARTS) is 1. The van der Waals surface area contributed by atoms with E-state index in [1.54, 1.807) is 18.3 Å². The van der Waals surface area contributed by atoms with Crippen LogP contribution in [0.4, 0.5) is 11.5 Å². The number of pyridine rings is 1. The Bertz CT molecular complexity index is 350. The minimum Gasteiger partial charge on any atom is -0.481 e. The van der Waals surface area contributed by atoms with Crippen LogP contribution in [0.2, 0.25) is 0 Å². The Morgan fingerprint density at radius 1 is 1.64 bits per heavy atom. The molecule has 1 aliphatic carbocycles. The second kappa shape index (κ2) is 3.17. The van der Waals surface area contributed by atoms with E-state index in [4.69, 9.17) is 10.8 Å². The number of nitrogens with one attached hydrogen (secondary N) is 1. The van der Waals surface area contributed by atoms with E-state index < -0.39 is 5.97 Å². The Labute approximate surface area is 81.0 Å². The van der Waals surface area contributed by atoms with Gasteiger partial charge in [0, 0.05) is 6.04 Å². The third-order valence-electron chi connectivity index (χ3n) is 2.25. The van der Waals surface area contributed by atoms with Crippen LogP contribution in [0.15, 0.2) is 18.3 Å². The van der Waals surface area contributed by atoms with Crippen molar-refractivity contribution < 1.29 is 9.90 Å². The first kappa shape index (κ1) is 8.80. The van der Waals surface area contributed by atoms with Crippen LogP contribution < -0.4 is 11.1 Å². The number of hydrogen-bond donors (Lipinski definition) is 3. The average molecular weight is 193 g/mol. The van der Waals surface area contributed by atoms with Crippen molar-refractivity contribution in [1.82, 2.24) is 4.98 Å². The van der Waals surface area contributed by atoms with E-state index in [0.29, 0.717) is 12.2 Å². The third-order valence-corrected chi connectivity index (χ3v) is 2.25. The van der Waals surface area contributed by atoms with Crippen LogP contribution in [-0.2, 0) is 4.79 Å². The Kier molecular flexibility index (Phi) is 1.99. The summed E-state index contributed by atoms with van der Waals surface area (Å²) in [6.45, 7) is 0. The van der Waals surface area contributed by atoms with Gasteiger partial charge in [-0.2, -0.15) is 0 Å². The normalized spacial score (nSPS) is 24.3.